The fourth-order valence-electron chi connectivity index (χ4n) is 1.92. The van der Waals surface area contributed by atoms with E-state index in [-0.39, 0.29) is 17.5 Å². The van der Waals surface area contributed by atoms with E-state index in [1.807, 2.05) is 13.8 Å². The van der Waals surface area contributed by atoms with Crippen molar-refractivity contribution in [2.45, 2.75) is 37.4 Å². The number of imidazole rings is 1. The number of carboxylic acids is 1. The first-order valence-corrected chi connectivity index (χ1v) is 8.45. The van der Waals surface area contributed by atoms with Gasteiger partial charge in [0.2, 0.25) is 0 Å². The van der Waals surface area contributed by atoms with Crippen molar-refractivity contribution in [1.82, 2.24) is 19.3 Å². The summed E-state index contributed by atoms with van der Waals surface area (Å²) in [6.07, 6.45) is 5.83. The van der Waals surface area contributed by atoms with Crippen LogP contribution in [-0.4, -0.2) is 40.1 Å². The number of hydrogen-bond donors (Lipinski definition) is 2. The number of nitrogens with one attached hydrogen (secondary N) is 1. The monoisotopic (exact) mass is 338 g/mol. The van der Waals surface area contributed by atoms with Crippen molar-refractivity contribution >= 4 is 16.0 Å². The number of nitrogens with zero attached hydrogens (tertiary/aromatic N) is 3. The molecule has 2 aromatic heterocycles. The summed E-state index contributed by atoms with van der Waals surface area (Å²) in [6.45, 7) is 3.77. The lowest BCUT2D eigenvalue weighted by Gasteiger charge is -2.13. The van der Waals surface area contributed by atoms with Gasteiger partial charge in [0.05, 0.1) is 6.33 Å². The van der Waals surface area contributed by atoms with Gasteiger partial charge in [0, 0.05) is 24.6 Å². The SMILES string of the molecule is CC(C)n1cnc(S(=O)(=O)NC(Cc2ccncc2)C(=O)O)c1. The maximum atomic E-state index is 12.3. The molecular weight excluding hydrogens is 320 g/mol. The van der Waals surface area contributed by atoms with E-state index in [0.717, 1.165) is 0 Å². The predicted octanol–water partition coefficient (Wildman–Crippen LogP) is 0.833. The van der Waals surface area contributed by atoms with Crippen molar-refractivity contribution in [2.24, 2.45) is 0 Å². The lowest BCUT2D eigenvalue weighted by Crippen LogP contribution is -2.42. The average molecular weight is 338 g/mol. The van der Waals surface area contributed by atoms with Crippen LogP contribution in [0.2, 0.25) is 0 Å². The number of aliphatic carboxylic acids is 1. The van der Waals surface area contributed by atoms with E-state index in [4.69, 9.17) is 0 Å². The molecule has 2 N–H and O–H groups in total. The summed E-state index contributed by atoms with van der Waals surface area (Å²) in [5.41, 5.74) is 0.669. The van der Waals surface area contributed by atoms with Crippen LogP contribution in [0.4, 0.5) is 0 Å². The van der Waals surface area contributed by atoms with Crippen LogP contribution in [0.3, 0.4) is 0 Å². The summed E-state index contributed by atoms with van der Waals surface area (Å²) in [5.74, 6) is -1.26. The smallest absolute Gasteiger partial charge is 0.322 e. The molecule has 0 bridgehead atoms. The standard InChI is InChI=1S/C14H18N4O4S/c1-10(2)18-8-13(16-9-18)23(21,22)17-12(14(19)20)7-11-3-5-15-6-4-11/h3-6,8-10,12,17H,7H2,1-2H3,(H,19,20). The van der Waals surface area contributed by atoms with Gasteiger partial charge in [-0.15, -0.1) is 0 Å². The number of pyridine rings is 1. The largest absolute Gasteiger partial charge is 0.480 e. The van der Waals surface area contributed by atoms with E-state index in [9.17, 15) is 18.3 Å². The Hall–Kier alpha value is -2.26. The molecule has 0 aliphatic heterocycles. The first kappa shape index (κ1) is 17.1. The zero-order valence-corrected chi connectivity index (χ0v) is 13.6. The molecule has 0 aliphatic rings. The van der Waals surface area contributed by atoms with Crippen molar-refractivity contribution in [1.29, 1.82) is 0 Å². The Labute approximate surface area is 134 Å². The summed E-state index contributed by atoms with van der Waals surface area (Å²) in [5, 5.41) is 9.07. The zero-order valence-electron chi connectivity index (χ0n) is 12.7. The van der Waals surface area contributed by atoms with Gasteiger partial charge >= 0.3 is 5.97 Å². The van der Waals surface area contributed by atoms with Gasteiger partial charge in [0.25, 0.3) is 10.0 Å². The molecule has 23 heavy (non-hydrogen) atoms. The second-order valence-corrected chi connectivity index (χ2v) is 6.99. The molecule has 1 atom stereocenters. The summed E-state index contributed by atoms with van der Waals surface area (Å²) in [6, 6.07) is 2.04. The highest BCUT2D eigenvalue weighted by molar-refractivity contribution is 7.89. The maximum Gasteiger partial charge on any atom is 0.322 e. The average Bonchev–Trinajstić information content (AvgIpc) is 2.98. The normalized spacial score (nSPS) is 13.2. The molecule has 124 valence electrons. The third-order valence-electron chi connectivity index (χ3n) is 3.23. The van der Waals surface area contributed by atoms with E-state index < -0.39 is 22.0 Å². The van der Waals surface area contributed by atoms with E-state index in [2.05, 4.69) is 14.7 Å². The number of rotatable bonds is 7. The van der Waals surface area contributed by atoms with Crippen molar-refractivity contribution < 1.29 is 18.3 Å². The van der Waals surface area contributed by atoms with Crippen molar-refractivity contribution in [3.63, 3.8) is 0 Å². The third kappa shape index (κ3) is 4.36. The van der Waals surface area contributed by atoms with Crippen LogP contribution in [0.1, 0.15) is 25.5 Å². The molecule has 0 saturated heterocycles. The lowest BCUT2D eigenvalue weighted by atomic mass is 10.1. The molecule has 1 unspecified atom stereocenters. The van der Waals surface area contributed by atoms with Gasteiger partial charge in [-0.05, 0) is 38.0 Å². The first-order valence-electron chi connectivity index (χ1n) is 6.97. The topological polar surface area (TPSA) is 114 Å². The molecule has 0 radical (unpaired) electrons. The Morgan fingerprint density at radius 3 is 2.52 bits per heavy atom. The summed E-state index contributed by atoms with van der Waals surface area (Å²) < 4.78 is 28.4. The fraction of sp³-hybridized carbons (Fsp3) is 0.357. The minimum atomic E-state index is -4.02. The van der Waals surface area contributed by atoms with Crippen LogP contribution in [0.15, 0.2) is 42.1 Å². The second kappa shape index (κ2) is 6.88. The highest BCUT2D eigenvalue weighted by Gasteiger charge is 2.27. The van der Waals surface area contributed by atoms with Crippen LogP contribution < -0.4 is 4.72 Å². The van der Waals surface area contributed by atoms with Crippen LogP contribution in [-0.2, 0) is 21.2 Å². The van der Waals surface area contributed by atoms with E-state index >= 15 is 0 Å². The molecular formula is C14H18N4O4S. The summed E-state index contributed by atoms with van der Waals surface area (Å²) >= 11 is 0. The van der Waals surface area contributed by atoms with Crippen molar-refractivity contribution in [3.8, 4) is 0 Å². The van der Waals surface area contributed by atoms with Crippen LogP contribution in [0.5, 0.6) is 0 Å². The van der Waals surface area contributed by atoms with Gasteiger partial charge in [0.15, 0.2) is 5.03 Å². The van der Waals surface area contributed by atoms with Crippen LogP contribution in [0, 0.1) is 0 Å². The number of aromatic nitrogens is 3. The Bertz CT molecular complexity index is 771. The molecule has 0 aromatic carbocycles. The predicted molar refractivity (Wildman–Crippen MR) is 82.3 cm³/mol. The van der Waals surface area contributed by atoms with Crippen molar-refractivity contribution in [3.05, 3.63) is 42.6 Å². The molecule has 0 fully saturated rings. The highest BCUT2D eigenvalue weighted by Crippen LogP contribution is 2.12. The van der Waals surface area contributed by atoms with Gasteiger partial charge in [-0.25, -0.2) is 13.4 Å². The van der Waals surface area contributed by atoms with Gasteiger partial charge in [0.1, 0.15) is 6.04 Å². The molecule has 2 aromatic rings. The molecule has 0 aliphatic carbocycles. The minimum absolute atomic E-state index is 0.0158. The molecule has 0 spiro atoms. The van der Waals surface area contributed by atoms with Gasteiger partial charge in [-0.1, -0.05) is 0 Å². The molecule has 0 amide bonds. The number of hydrogen-bond acceptors (Lipinski definition) is 5. The van der Waals surface area contributed by atoms with Crippen molar-refractivity contribution in [2.75, 3.05) is 0 Å². The summed E-state index contributed by atoms with van der Waals surface area (Å²) in [4.78, 5) is 19.0. The number of carbonyl (C=O) groups is 1. The molecule has 9 heteroatoms. The summed E-state index contributed by atoms with van der Waals surface area (Å²) in [7, 11) is -4.02. The van der Waals surface area contributed by atoms with Crippen LogP contribution >= 0.6 is 0 Å². The molecule has 0 saturated carbocycles. The Balaban J connectivity index is 2.19. The molecule has 8 nitrogen and oxygen atoms in total. The lowest BCUT2D eigenvalue weighted by molar-refractivity contribution is -0.138. The fourth-order valence-corrected chi connectivity index (χ4v) is 3.05. The Kier molecular flexibility index (Phi) is 5.12. The van der Waals surface area contributed by atoms with E-state index in [1.165, 1.54) is 24.9 Å². The number of sulfonamides is 1. The maximum absolute atomic E-state index is 12.3. The highest BCUT2D eigenvalue weighted by atomic mass is 32.2. The second-order valence-electron chi connectivity index (χ2n) is 5.32. The van der Waals surface area contributed by atoms with E-state index in [1.54, 1.807) is 16.7 Å². The first-order chi connectivity index (χ1) is 10.8. The minimum Gasteiger partial charge on any atom is -0.480 e. The zero-order chi connectivity index (χ0) is 17.0. The Morgan fingerprint density at radius 2 is 2.00 bits per heavy atom. The molecule has 2 heterocycles. The van der Waals surface area contributed by atoms with Gasteiger partial charge in [-0.2, -0.15) is 4.72 Å². The Morgan fingerprint density at radius 1 is 1.35 bits per heavy atom. The third-order valence-corrected chi connectivity index (χ3v) is 4.59. The number of carboxylic acid groups (broad SMARTS) is 1. The van der Waals surface area contributed by atoms with Gasteiger partial charge in [-0.3, -0.25) is 9.78 Å². The molecule has 2 rings (SSSR count). The van der Waals surface area contributed by atoms with E-state index in [0.29, 0.717) is 5.56 Å². The van der Waals surface area contributed by atoms with Crippen LogP contribution in [0.25, 0.3) is 0 Å². The quantitative estimate of drug-likeness (QED) is 0.773. The van der Waals surface area contributed by atoms with Gasteiger partial charge < -0.3 is 9.67 Å².